The van der Waals surface area contributed by atoms with Crippen LogP contribution >= 0.6 is 0 Å². The van der Waals surface area contributed by atoms with E-state index >= 15 is 4.79 Å². The van der Waals surface area contributed by atoms with Crippen molar-refractivity contribution in [2.45, 2.75) is 237 Å². The van der Waals surface area contributed by atoms with Gasteiger partial charge in [-0.15, -0.1) is 0 Å². The van der Waals surface area contributed by atoms with E-state index in [2.05, 4.69) is 96.1 Å². The molecule has 2 saturated carbocycles. The quantitative estimate of drug-likeness (QED) is 0.00493. The molecule has 12 amide bonds. The van der Waals surface area contributed by atoms with Gasteiger partial charge in [0.2, 0.25) is 59.1 Å². The maximum absolute atomic E-state index is 15.1. The summed E-state index contributed by atoms with van der Waals surface area (Å²) in [6.45, 7) is 16.3. The highest BCUT2D eigenvalue weighted by Crippen LogP contribution is 2.60. The van der Waals surface area contributed by atoms with Crippen LogP contribution in [0.15, 0.2) is 101 Å². The monoisotopic (exact) mass is 2010 g/mol. The zero-order valence-electron chi connectivity index (χ0n) is 84.0. The van der Waals surface area contributed by atoms with Crippen molar-refractivity contribution in [3.63, 3.8) is 0 Å². The molecular weight excluding hydrogens is 1860 g/mol. The van der Waals surface area contributed by atoms with Crippen molar-refractivity contribution in [2.75, 3.05) is 167 Å². The first-order valence-corrected chi connectivity index (χ1v) is 52.3. The number of allylic oxidation sites excluding steroid dienone is 1. The molecule has 0 spiro atoms. The van der Waals surface area contributed by atoms with Crippen LogP contribution < -0.4 is 69.5 Å². The van der Waals surface area contributed by atoms with Crippen LogP contribution in [0.4, 0.5) is 21.9 Å². The van der Waals surface area contributed by atoms with Crippen molar-refractivity contribution < 1.29 is 108 Å². The number of benzene rings is 4. The van der Waals surface area contributed by atoms with Gasteiger partial charge in [-0.2, -0.15) is 13.5 Å². The zero-order valence-corrected chi connectivity index (χ0v) is 84.8. The number of amides is 12. The summed E-state index contributed by atoms with van der Waals surface area (Å²) in [7, 11) is -4.16. The minimum atomic E-state index is -4.16. The second-order valence-electron chi connectivity index (χ2n) is 38.9. The summed E-state index contributed by atoms with van der Waals surface area (Å²) in [5, 5.41) is 32.6. The first kappa shape index (κ1) is 114. The summed E-state index contributed by atoms with van der Waals surface area (Å²) in [5.41, 5.74) is 27.4. The van der Waals surface area contributed by atoms with Crippen LogP contribution in [0.5, 0.6) is 0 Å². The number of nitrogens with zero attached hydrogens (tertiary/aromatic N) is 2. The average molecular weight is 2010 g/mol. The third-order valence-corrected chi connectivity index (χ3v) is 29.0. The lowest BCUT2D eigenvalue weighted by atomic mass is 9.49. The van der Waals surface area contributed by atoms with E-state index in [1.165, 1.54) is 11.1 Å². The Kier molecular flexibility index (Phi) is 46.0. The SMILES string of the molecule is CC(C)[C@H](NC(=O)[C@@H](CCCCNC(=O)COC1CCCCC/C(NCCOCCOCCOCCOCCC(=O)NCCS(=O)(=O)O)=C\1N=N)NC(=O)CCOCCOCCOCCOCCNC(=O)CCC(=O)N1Cc2ccccc2C#Cc2ccccc21)C(=O)N[C@@H](CCCNC(N)=O)C(=O)Nc1ccc2c(c1)[C@@]1(C)CCC[C@](C)(C(=O)NC(=O)[C@@]3(C)CCC[C@]4(C)c5cc(N)ccc5CC[C@@H]34)C1CC2. The maximum Gasteiger partial charge on any atom is 0.312 e. The number of para-hydroxylation sites is 1. The summed E-state index contributed by atoms with van der Waals surface area (Å²) in [6, 6.07) is 22.6. The fourth-order valence-corrected chi connectivity index (χ4v) is 21.0. The number of aryl methyl sites for hydroxylation is 2. The minimum absolute atomic E-state index is 0.00148. The summed E-state index contributed by atoms with van der Waals surface area (Å²) in [6.07, 6.45) is 11.3. The molecule has 786 valence electrons. The van der Waals surface area contributed by atoms with Crippen LogP contribution in [-0.4, -0.2) is 253 Å². The lowest BCUT2D eigenvalue weighted by Gasteiger charge is -2.56. The van der Waals surface area contributed by atoms with Gasteiger partial charge in [0.15, 0.2) is 0 Å². The third kappa shape index (κ3) is 34.9. The molecule has 0 saturated heterocycles. The zero-order chi connectivity index (χ0) is 103. The highest BCUT2D eigenvalue weighted by molar-refractivity contribution is 7.85. The van der Waals surface area contributed by atoms with Crippen molar-refractivity contribution in [2.24, 2.45) is 39.4 Å². The van der Waals surface area contributed by atoms with Crippen LogP contribution in [-0.2, 0) is 131 Å². The number of unbranched alkanes of at least 4 members (excludes halogenated alkanes) is 1. The van der Waals surface area contributed by atoms with E-state index in [1.807, 2.05) is 86.6 Å². The number of fused-ring (bicyclic) bond motifs is 8. The Balaban J connectivity index is 0.686. The van der Waals surface area contributed by atoms with Crippen molar-refractivity contribution in [3.05, 3.63) is 135 Å². The van der Waals surface area contributed by atoms with Crippen molar-refractivity contribution >= 4 is 92.3 Å². The van der Waals surface area contributed by atoms with Crippen LogP contribution in [0.1, 0.15) is 222 Å². The molecule has 143 heavy (non-hydrogen) atoms. The molecule has 5 aliphatic carbocycles. The molecule has 1 aliphatic heterocycles. The van der Waals surface area contributed by atoms with Crippen LogP contribution in [0.2, 0.25) is 0 Å². The second kappa shape index (κ2) is 57.7. The number of ether oxygens (including phenoxy) is 9. The number of carbonyl (C=O) groups is 11. The van der Waals surface area contributed by atoms with Gasteiger partial charge in [-0.25, -0.2) is 10.3 Å². The van der Waals surface area contributed by atoms with E-state index in [4.69, 9.17) is 64.2 Å². The van der Waals surface area contributed by atoms with Gasteiger partial charge < -0.3 is 107 Å². The molecule has 2 fully saturated rings. The van der Waals surface area contributed by atoms with E-state index in [0.29, 0.717) is 127 Å². The number of urea groups is 1. The molecule has 38 nitrogen and oxygen atoms in total. The van der Waals surface area contributed by atoms with E-state index < -0.39 is 104 Å². The van der Waals surface area contributed by atoms with Crippen molar-refractivity contribution in [1.82, 2.24) is 47.9 Å². The number of rotatable bonds is 60. The minimum Gasteiger partial charge on any atom is -0.399 e. The number of imide groups is 1. The van der Waals surface area contributed by atoms with Crippen molar-refractivity contribution in [1.29, 1.82) is 5.53 Å². The van der Waals surface area contributed by atoms with Gasteiger partial charge in [0.25, 0.3) is 10.1 Å². The molecule has 0 bridgehead atoms. The van der Waals surface area contributed by atoms with Gasteiger partial charge >= 0.3 is 6.03 Å². The third-order valence-electron chi connectivity index (χ3n) is 28.3. The van der Waals surface area contributed by atoms with Gasteiger partial charge in [0, 0.05) is 86.6 Å². The Morgan fingerprint density at radius 2 is 1.04 bits per heavy atom. The van der Waals surface area contributed by atoms with Crippen LogP contribution in [0.25, 0.3) is 0 Å². The molecule has 10 rings (SSSR count). The molecule has 4 aromatic rings. The molecule has 0 aromatic heterocycles. The number of primary amides is 1. The fourth-order valence-electron chi connectivity index (χ4n) is 20.7. The van der Waals surface area contributed by atoms with Crippen molar-refractivity contribution in [3.8, 4) is 11.8 Å². The van der Waals surface area contributed by atoms with Gasteiger partial charge in [0.05, 0.1) is 135 Å². The Hall–Kier alpha value is -10.9. The number of hydrogen-bond donors (Lipinski definition) is 14. The lowest BCUT2D eigenvalue weighted by molar-refractivity contribution is -0.150. The lowest BCUT2D eigenvalue weighted by Crippen LogP contribution is -2.60. The van der Waals surface area contributed by atoms with E-state index in [0.717, 1.165) is 84.9 Å². The largest absolute Gasteiger partial charge is 0.399 e. The number of nitrogens with two attached hydrogens (primary N) is 2. The normalized spacial score (nSPS) is 21.2. The molecule has 39 heteroatoms. The van der Waals surface area contributed by atoms with Gasteiger partial charge in [-0.1, -0.05) is 122 Å². The molecule has 10 atom stereocenters. The maximum atomic E-state index is 15.1. The van der Waals surface area contributed by atoms with Crippen LogP contribution in [0.3, 0.4) is 0 Å². The molecule has 4 aromatic carbocycles. The first-order chi connectivity index (χ1) is 68.7. The van der Waals surface area contributed by atoms with Gasteiger partial charge in [-0.05, 0) is 202 Å². The van der Waals surface area contributed by atoms with E-state index in [1.54, 1.807) is 18.7 Å². The van der Waals surface area contributed by atoms with E-state index in [9.17, 15) is 56.4 Å². The number of nitrogens with one attached hydrogen (secondary N) is 11. The molecule has 16 N–H and O–H groups in total. The molecular formula is C104H151N15O23S. The molecule has 6 aliphatic rings. The predicted octanol–water partition coefficient (Wildman–Crippen LogP) is 8.36. The number of carbonyl (C=O) groups excluding carboxylic acids is 11. The summed E-state index contributed by atoms with van der Waals surface area (Å²) in [5.74, 6) is 0.792. The first-order valence-electron chi connectivity index (χ1n) is 50.7. The summed E-state index contributed by atoms with van der Waals surface area (Å²) in [4.78, 5) is 154. The Labute approximate surface area is 840 Å². The highest BCUT2D eigenvalue weighted by atomic mass is 32.2. The summed E-state index contributed by atoms with van der Waals surface area (Å²) >= 11 is 0. The van der Waals surface area contributed by atoms with E-state index in [-0.39, 0.29) is 191 Å². The number of nitrogen functional groups attached to an aromatic ring is 1. The Bertz CT molecular complexity index is 5170. The van der Waals surface area contributed by atoms with Crippen LogP contribution in [0, 0.1) is 46.0 Å². The van der Waals surface area contributed by atoms with Gasteiger partial charge in [0.1, 0.15) is 36.5 Å². The number of hydrogen-bond acceptors (Lipinski definition) is 26. The average Bonchev–Trinajstić information content (AvgIpc) is 0.719. The summed E-state index contributed by atoms with van der Waals surface area (Å²) < 4.78 is 81.6. The Morgan fingerprint density at radius 1 is 0.510 bits per heavy atom. The smallest absolute Gasteiger partial charge is 0.312 e. The standard InChI is InChI=1S/C104H151N15O23S/c1-71(2)93(97(127)115-83(24-16-46-112-100(106)130)95(125)113-78-34-30-74-32-36-87-102(4,80(74)68-78)42-18-44-104(87,6)99(129)117-98(128)103(5)43-17-41-101(3)79-67-77(105)33-29-73(79)31-35-86(101)103)116-96(126)82(114-90(122)40-51-135-55-59-139-63-65-141-61-57-137-53-48-110-88(120)37-38-92(124)119-69-76-21-11-10-19-72(76)27-28-75-20-12-13-25-84(75)119)23-14-15-45-109-91(123)70-142-85-26-9-7-8-22-81(94(85)118-107)108-47-52-136-56-60-140-64-62-138-58-54-134-50-39-89(121)111-49-66-143(131,132)133/h10-13,19-21,25,29-30,33-34,67-68,71,82-83,85-87,93,107-108H,7-9,14-18,22-24,26,31-32,35-66,69-70,105H2,1-6H3,(H,109,123)(H,110,120)(H,111,121)(H,113,125)(H,114,122)(H,115,127)(H,116,126)(H3,106,112,130)(H,117,128,129)(H,131,132,133)/b94-81-,118-107?/t82-,83+,85?,86-,87?,93+,101-,102-,103+,104+/m1/s1. The topological polar surface area (TPSA) is 537 Å². The van der Waals surface area contributed by atoms with Gasteiger partial charge in [-0.3, -0.25) is 57.8 Å². The second-order valence-corrected chi connectivity index (χ2v) is 40.5. The molecule has 0 radical (unpaired) electrons. The Morgan fingerprint density at radius 3 is 1.66 bits per heavy atom. The molecule has 2 unspecified atom stereocenters. The fraction of sp³-hybridized carbons (Fsp3) is 0.625. The predicted molar refractivity (Wildman–Crippen MR) is 536 cm³/mol. The highest BCUT2D eigenvalue weighted by Gasteiger charge is 2.59. The molecule has 1 heterocycles. The number of anilines is 3.